The summed E-state index contributed by atoms with van der Waals surface area (Å²) in [5, 5.41) is 17.5. The molecule has 0 saturated carbocycles. The van der Waals surface area contributed by atoms with Gasteiger partial charge in [0.25, 0.3) is 0 Å². The molecule has 452 valence electrons. The van der Waals surface area contributed by atoms with Gasteiger partial charge in [-0.3, -0.25) is 19.5 Å². The number of hydrogen-bond donors (Lipinski definition) is 3. The smallest absolute Gasteiger partial charge is 0.410 e. The van der Waals surface area contributed by atoms with E-state index in [4.69, 9.17) is 57.4 Å². The fourth-order valence-electron chi connectivity index (χ4n) is 6.89. The Bertz CT molecular complexity index is 2770. The highest BCUT2D eigenvalue weighted by atomic mass is 35.5. The van der Waals surface area contributed by atoms with Crippen LogP contribution in [0, 0.1) is 0 Å². The minimum absolute atomic E-state index is 0. The van der Waals surface area contributed by atoms with Gasteiger partial charge in [-0.1, -0.05) is 64.7 Å². The van der Waals surface area contributed by atoms with Gasteiger partial charge in [-0.2, -0.15) is 0 Å². The molecule has 7 aromatic rings. The lowest BCUT2D eigenvalue weighted by Gasteiger charge is -2.21. The van der Waals surface area contributed by atoms with Crippen molar-refractivity contribution in [3.63, 3.8) is 0 Å². The van der Waals surface area contributed by atoms with E-state index in [-0.39, 0.29) is 79.8 Å². The molecule has 19 nitrogen and oxygen atoms in total. The zero-order valence-electron chi connectivity index (χ0n) is 43.3. The van der Waals surface area contributed by atoms with E-state index in [1.54, 1.807) is 101 Å². The lowest BCUT2D eigenvalue weighted by molar-refractivity contribution is -0.141. The number of methoxy groups -OCH3 is 1. The largest absolute Gasteiger partial charge is 0.469 e. The fourth-order valence-corrected chi connectivity index (χ4v) is 11.2. The Morgan fingerprint density at radius 1 is 0.614 bits per heavy atom. The van der Waals surface area contributed by atoms with E-state index in [0.717, 1.165) is 29.3 Å². The summed E-state index contributed by atoms with van der Waals surface area (Å²) in [4.78, 5) is 86.2. The van der Waals surface area contributed by atoms with Crippen molar-refractivity contribution < 1.29 is 57.2 Å². The summed E-state index contributed by atoms with van der Waals surface area (Å²) in [5.74, 6) is 0.656. The number of amides is 5. The maximum Gasteiger partial charge on any atom is 0.410 e. The van der Waals surface area contributed by atoms with Gasteiger partial charge in [-0.05, 0) is 86.4 Å². The van der Waals surface area contributed by atoms with Crippen LogP contribution in [0.3, 0.4) is 0 Å². The van der Waals surface area contributed by atoms with Gasteiger partial charge in [0.1, 0.15) is 19.8 Å². The van der Waals surface area contributed by atoms with E-state index in [2.05, 4.69) is 15.6 Å². The molecule has 27 heteroatoms. The average molecular weight is 1300 g/mol. The molecule has 8 rings (SSSR count). The minimum Gasteiger partial charge on any atom is -0.469 e. The number of halogens is 2. The van der Waals surface area contributed by atoms with Crippen LogP contribution in [-0.4, -0.2) is 110 Å². The first-order valence-electron chi connectivity index (χ1n) is 24.3. The van der Waals surface area contributed by atoms with Gasteiger partial charge in [-0.25, -0.2) is 29.0 Å². The SMILES string of the molecule is C.C.C.COC(=O)C[C@H](NC(=O)NCCOC(=O)N(Cc1cccs1)Cc1cccs1)c1ccc2c(c1)OCO2.ClCCl.NCCOC(=O)N(Cc1cccs1)Cc1cccs1.O=C=NCCOC(=O)N(Cc1cccs1)Cc1cccs1. The molecular weight excluding hydrogens is 1230 g/mol. The van der Waals surface area contributed by atoms with Gasteiger partial charge < -0.3 is 44.8 Å². The second-order valence-corrected chi connectivity index (χ2v) is 23.1. The number of alkyl halides is 2. The number of rotatable bonds is 24. The third-order valence-corrected chi connectivity index (χ3v) is 15.7. The van der Waals surface area contributed by atoms with Crippen LogP contribution in [0.2, 0.25) is 0 Å². The van der Waals surface area contributed by atoms with Gasteiger partial charge in [0, 0.05) is 35.8 Å². The maximum atomic E-state index is 12.8. The molecule has 1 atom stereocenters. The van der Waals surface area contributed by atoms with Crippen molar-refractivity contribution in [3.8, 4) is 11.5 Å². The molecule has 0 saturated heterocycles. The minimum atomic E-state index is -0.656. The third kappa shape index (κ3) is 27.6. The standard InChI is InChI=1S/C25H27N3O7S2.C14H14N2O3S2.C13H16N2O2S2.CH2Cl2.3CH4/c1-32-23(29)13-20(17-6-7-21-22(12-17)35-16-34-21)27-24(30)26-8-9-33-25(31)28(14-18-4-2-10-36-18)15-19-5-3-11-37-19;17-11-15-5-6-19-14(18)16(9-12-3-1-7-20-12)10-13-4-2-8-21-13;14-5-6-17-13(16)15(9-11-3-1-7-18-11)10-12-4-2-8-19-12;2-1-3;;;/h2-7,10-12,20H,8-9,13-16H2,1H3,(H2,26,27,30);1-4,7-8H,5-6,9-10H2;1-4,7-8H,5-6,9-10,14H2;1H2;3*1H4/t20-;;;;;;/m0....../s1. The number of benzene rings is 1. The van der Waals surface area contributed by atoms with E-state index in [0.29, 0.717) is 62.9 Å². The second-order valence-electron chi connectivity index (χ2n) is 16.1. The highest BCUT2D eigenvalue weighted by Gasteiger charge is 2.24. The van der Waals surface area contributed by atoms with Crippen LogP contribution in [0.5, 0.6) is 11.5 Å². The average Bonchev–Trinajstić information content (AvgIpc) is 4.54. The van der Waals surface area contributed by atoms with Gasteiger partial charge in [0.05, 0.1) is 77.3 Å². The number of fused-ring (bicyclic) bond motifs is 1. The van der Waals surface area contributed by atoms with Crippen molar-refractivity contribution in [2.75, 3.05) is 58.7 Å². The van der Waals surface area contributed by atoms with Gasteiger partial charge in [0.15, 0.2) is 11.5 Å². The number of urea groups is 1. The van der Waals surface area contributed by atoms with E-state index in [9.17, 15) is 28.8 Å². The van der Waals surface area contributed by atoms with Gasteiger partial charge in [0.2, 0.25) is 12.9 Å². The Balaban J connectivity index is 0.000000437. The van der Waals surface area contributed by atoms with Crippen molar-refractivity contribution in [2.24, 2.45) is 10.7 Å². The highest BCUT2D eigenvalue weighted by molar-refractivity contribution is 7.11. The number of ether oxygens (including phenoxy) is 6. The Labute approximate surface area is 519 Å². The normalized spacial score (nSPS) is 10.7. The fraction of sp³-hybridized carbons (Fsp3) is 0.357. The van der Waals surface area contributed by atoms with Crippen molar-refractivity contribution in [1.82, 2.24) is 25.3 Å². The molecule has 1 aliphatic heterocycles. The molecular formula is C56H71Cl2N7O12S6. The Morgan fingerprint density at radius 3 is 1.36 bits per heavy atom. The van der Waals surface area contributed by atoms with Crippen LogP contribution < -0.4 is 25.8 Å². The summed E-state index contributed by atoms with van der Waals surface area (Å²) in [6.45, 7) is 4.04. The van der Waals surface area contributed by atoms with Crippen molar-refractivity contribution >= 4 is 128 Å². The first-order chi connectivity index (χ1) is 39.0. The van der Waals surface area contributed by atoms with Crippen LogP contribution in [0.4, 0.5) is 19.2 Å². The number of carbonyl (C=O) groups is 5. The van der Waals surface area contributed by atoms with E-state index < -0.39 is 30.2 Å². The third-order valence-electron chi connectivity index (χ3n) is 10.5. The number of thiophene rings is 6. The second kappa shape index (κ2) is 42.3. The number of isocyanates is 1. The predicted octanol–water partition coefficient (Wildman–Crippen LogP) is 13.8. The lowest BCUT2D eigenvalue weighted by atomic mass is 10.0. The molecule has 1 aromatic carbocycles. The summed E-state index contributed by atoms with van der Waals surface area (Å²) in [6.07, 6.45) is 0.164. The van der Waals surface area contributed by atoms with Crippen molar-refractivity contribution in [2.45, 2.75) is 74.0 Å². The van der Waals surface area contributed by atoms with E-state index >= 15 is 0 Å². The number of hydrogen-bond acceptors (Lipinski definition) is 20. The summed E-state index contributed by atoms with van der Waals surface area (Å²) in [5.41, 5.74) is 6.02. The summed E-state index contributed by atoms with van der Waals surface area (Å²) in [6, 6.07) is 27.7. The summed E-state index contributed by atoms with van der Waals surface area (Å²) < 4.78 is 31.2. The topological polar surface area (TPSA) is 230 Å². The lowest BCUT2D eigenvalue weighted by Crippen LogP contribution is -2.41. The van der Waals surface area contributed by atoms with Gasteiger partial charge >= 0.3 is 30.3 Å². The molecule has 0 radical (unpaired) electrons. The first-order valence-corrected chi connectivity index (χ1v) is 30.6. The number of nitrogens with one attached hydrogen (secondary N) is 2. The maximum absolute atomic E-state index is 12.8. The Morgan fingerprint density at radius 2 is 1.00 bits per heavy atom. The van der Waals surface area contributed by atoms with Crippen LogP contribution in [0.15, 0.2) is 128 Å². The molecule has 0 spiro atoms. The molecule has 0 unspecified atom stereocenters. The monoisotopic (exact) mass is 1300 g/mol. The molecule has 5 amide bonds. The molecule has 0 bridgehead atoms. The van der Waals surface area contributed by atoms with Gasteiger partial charge in [-0.15, -0.1) is 91.2 Å². The van der Waals surface area contributed by atoms with Crippen LogP contribution >= 0.6 is 91.2 Å². The van der Waals surface area contributed by atoms with Crippen molar-refractivity contribution in [3.05, 3.63) is 158 Å². The Kier molecular flexibility index (Phi) is 37.0. The number of nitrogens with zero attached hydrogens (tertiary/aromatic N) is 4. The van der Waals surface area contributed by atoms with E-state index in [1.165, 1.54) is 13.2 Å². The zero-order valence-corrected chi connectivity index (χ0v) is 49.7. The first kappa shape index (κ1) is 72.6. The number of carbonyl (C=O) groups excluding carboxylic acids is 6. The molecule has 4 N–H and O–H groups in total. The van der Waals surface area contributed by atoms with Crippen LogP contribution in [0.1, 0.15) is 69.6 Å². The van der Waals surface area contributed by atoms with E-state index in [1.807, 2.05) is 105 Å². The molecule has 7 heterocycles. The molecule has 1 aliphatic rings. The molecule has 83 heavy (non-hydrogen) atoms. The Hall–Kier alpha value is -6.51. The number of esters is 1. The molecule has 0 fully saturated rings. The summed E-state index contributed by atoms with van der Waals surface area (Å²) in [7, 11) is 1.29. The van der Waals surface area contributed by atoms with Crippen LogP contribution in [-0.2, 0) is 67.8 Å². The van der Waals surface area contributed by atoms with Crippen molar-refractivity contribution in [1.29, 1.82) is 0 Å². The quantitative estimate of drug-likeness (QED) is 0.0128. The summed E-state index contributed by atoms with van der Waals surface area (Å²) >= 11 is 19.1. The zero-order chi connectivity index (χ0) is 57.2. The predicted molar refractivity (Wildman–Crippen MR) is 335 cm³/mol. The molecule has 6 aromatic heterocycles. The highest BCUT2D eigenvalue weighted by Crippen LogP contribution is 2.35. The number of aliphatic imine (C=N–C) groups is 1. The molecule has 0 aliphatic carbocycles. The van der Waals surface area contributed by atoms with Crippen LogP contribution in [0.25, 0.3) is 0 Å². The number of nitrogens with two attached hydrogens (primary N) is 1.